The van der Waals surface area contributed by atoms with Gasteiger partial charge in [-0.25, -0.2) is 4.79 Å². The SMILES string of the molecule is O=C1OC2OC3C=CC2C1=C3. The van der Waals surface area contributed by atoms with Crippen LogP contribution in [0.3, 0.4) is 0 Å². The summed E-state index contributed by atoms with van der Waals surface area (Å²) in [5.41, 5.74) is 0.772. The van der Waals surface area contributed by atoms with Gasteiger partial charge >= 0.3 is 5.97 Å². The van der Waals surface area contributed by atoms with Crippen LogP contribution in [-0.2, 0) is 14.3 Å². The second kappa shape index (κ2) is 1.56. The van der Waals surface area contributed by atoms with Gasteiger partial charge in [0, 0.05) is 5.57 Å². The van der Waals surface area contributed by atoms with Gasteiger partial charge in [0.2, 0.25) is 6.29 Å². The van der Waals surface area contributed by atoms with Gasteiger partial charge in [-0.05, 0) is 6.08 Å². The van der Waals surface area contributed by atoms with E-state index in [0.29, 0.717) is 0 Å². The molecule has 0 amide bonds. The Labute approximate surface area is 63.3 Å². The molecule has 0 radical (unpaired) electrons. The summed E-state index contributed by atoms with van der Waals surface area (Å²) < 4.78 is 10.3. The van der Waals surface area contributed by atoms with Gasteiger partial charge in [0.25, 0.3) is 0 Å². The van der Waals surface area contributed by atoms with Crippen molar-refractivity contribution in [2.24, 2.45) is 5.92 Å². The van der Waals surface area contributed by atoms with E-state index < -0.39 is 0 Å². The Bertz CT molecular complexity index is 290. The Morgan fingerprint density at radius 2 is 2.27 bits per heavy atom. The van der Waals surface area contributed by atoms with Crippen molar-refractivity contribution in [1.82, 2.24) is 0 Å². The van der Waals surface area contributed by atoms with Crippen LogP contribution in [0.15, 0.2) is 23.8 Å². The summed E-state index contributed by atoms with van der Waals surface area (Å²) in [6.45, 7) is 0. The largest absolute Gasteiger partial charge is 0.431 e. The smallest absolute Gasteiger partial charge is 0.336 e. The molecule has 0 saturated carbocycles. The highest BCUT2D eigenvalue weighted by Gasteiger charge is 2.46. The fourth-order valence-electron chi connectivity index (χ4n) is 1.72. The van der Waals surface area contributed by atoms with Crippen LogP contribution in [0, 0.1) is 5.92 Å². The lowest BCUT2D eigenvalue weighted by atomic mass is 9.91. The highest BCUT2D eigenvalue weighted by Crippen LogP contribution is 2.38. The molecule has 3 unspecified atom stereocenters. The summed E-state index contributed by atoms with van der Waals surface area (Å²) in [5.74, 6) is -0.153. The van der Waals surface area contributed by atoms with E-state index in [9.17, 15) is 4.79 Å². The van der Waals surface area contributed by atoms with Crippen LogP contribution in [0.25, 0.3) is 0 Å². The van der Waals surface area contributed by atoms with Gasteiger partial charge < -0.3 is 9.47 Å². The van der Waals surface area contributed by atoms with E-state index in [1.54, 1.807) is 0 Å². The molecule has 3 atom stereocenters. The Morgan fingerprint density at radius 3 is 2.91 bits per heavy atom. The van der Waals surface area contributed by atoms with E-state index in [2.05, 4.69) is 0 Å². The lowest BCUT2D eigenvalue weighted by molar-refractivity contribution is -0.169. The molecule has 1 aliphatic carbocycles. The first-order valence-electron chi connectivity index (χ1n) is 3.61. The maximum atomic E-state index is 11.0. The van der Waals surface area contributed by atoms with Crippen LogP contribution in [-0.4, -0.2) is 18.4 Å². The van der Waals surface area contributed by atoms with Crippen molar-refractivity contribution < 1.29 is 14.3 Å². The number of esters is 1. The lowest BCUT2D eigenvalue weighted by Crippen LogP contribution is -2.31. The molecule has 0 N–H and O–H groups in total. The van der Waals surface area contributed by atoms with Gasteiger partial charge in [0.1, 0.15) is 0 Å². The molecule has 3 heteroatoms. The number of hydrogen-bond acceptors (Lipinski definition) is 3. The molecule has 4 rings (SSSR count). The van der Waals surface area contributed by atoms with E-state index in [0.717, 1.165) is 5.57 Å². The van der Waals surface area contributed by atoms with Gasteiger partial charge in [-0.1, -0.05) is 12.2 Å². The number of hydrogen-bond donors (Lipinski definition) is 0. The van der Waals surface area contributed by atoms with Crippen LogP contribution < -0.4 is 0 Å². The normalized spacial score (nSPS) is 44.2. The monoisotopic (exact) mass is 150 g/mol. The molecule has 0 aromatic carbocycles. The molecule has 3 aliphatic heterocycles. The predicted octanol–water partition coefficient (Wildman–Crippen LogP) is 0.381. The zero-order valence-electron chi connectivity index (χ0n) is 5.69. The minimum absolute atomic E-state index is 0.0357. The molecule has 3 nitrogen and oxygen atoms in total. The average Bonchev–Trinajstić information content (AvgIpc) is 2.25. The second-order valence-electron chi connectivity index (χ2n) is 2.91. The van der Waals surface area contributed by atoms with Crippen molar-refractivity contribution >= 4 is 5.97 Å². The molecule has 3 heterocycles. The Balaban J connectivity index is 2.18. The van der Waals surface area contributed by atoms with Crippen LogP contribution >= 0.6 is 0 Å². The molecule has 11 heavy (non-hydrogen) atoms. The number of carbonyl (C=O) groups is 1. The summed E-state index contributed by atoms with van der Waals surface area (Å²) >= 11 is 0. The second-order valence-corrected chi connectivity index (χ2v) is 2.91. The summed E-state index contributed by atoms with van der Waals surface area (Å²) in [6, 6.07) is 0. The van der Waals surface area contributed by atoms with Crippen molar-refractivity contribution in [1.29, 1.82) is 0 Å². The molecular formula is C8H6O3. The fraction of sp³-hybridized carbons (Fsp3) is 0.375. The fourth-order valence-corrected chi connectivity index (χ4v) is 1.72. The third-order valence-corrected chi connectivity index (χ3v) is 2.25. The zero-order chi connectivity index (χ0) is 7.42. The lowest BCUT2D eigenvalue weighted by Gasteiger charge is -2.27. The van der Waals surface area contributed by atoms with Crippen LogP contribution in [0.4, 0.5) is 0 Å². The van der Waals surface area contributed by atoms with E-state index in [-0.39, 0.29) is 24.3 Å². The molecule has 4 aliphatic rings. The molecule has 0 spiro atoms. The number of carbonyl (C=O) groups excluding carboxylic acids is 1. The quantitative estimate of drug-likeness (QED) is 0.370. The van der Waals surface area contributed by atoms with Crippen molar-refractivity contribution in [2.75, 3.05) is 0 Å². The molecule has 0 aromatic rings. The molecule has 1 fully saturated rings. The maximum Gasteiger partial charge on any atom is 0.336 e. The minimum Gasteiger partial charge on any atom is -0.431 e. The highest BCUT2D eigenvalue weighted by atomic mass is 16.7. The molecule has 56 valence electrons. The Kier molecular flexibility index (Phi) is 0.786. The molecule has 1 saturated heterocycles. The summed E-state index contributed by atoms with van der Waals surface area (Å²) in [6.07, 6.45) is 5.39. The molecule has 0 aromatic heterocycles. The van der Waals surface area contributed by atoms with Crippen molar-refractivity contribution in [3.63, 3.8) is 0 Å². The van der Waals surface area contributed by atoms with E-state index >= 15 is 0 Å². The van der Waals surface area contributed by atoms with Crippen LogP contribution in [0.5, 0.6) is 0 Å². The summed E-state index contributed by atoms with van der Waals surface area (Å²) in [7, 11) is 0. The first kappa shape index (κ1) is 5.55. The first-order chi connectivity index (χ1) is 5.34. The van der Waals surface area contributed by atoms with E-state index in [1.807, 2.05) is 18.2 Å². The van der Waals surface area contributed by atoms with Crippen molar-refractivity contribution in [3.05, 3.63) is 23.8 Å². The molecular weight excluding hydrogens is 144 g/mol. The van der Waals surface area contributed by atoms with Gasteiger partial charge in [-0.15, -0.1) is 0 Å². The standard InChI is InChI=1S/C8H6O3/c9-7-6-3-4-1-2-5(6)8(10-4)11-7/h1-5,8H. The maximum absolute atomic E-state index is 11.0. The van der Waals surface area contributed by atoms with E-state index in [4.69, 9.17) is 9.47 Å². The van der Waals surface area contributed by atoms with Gasteiger partial charge in [-0.3, -0.25) is 0 Å². The third-order valence-electron chi connectivity index (χ3n) is 2.25. The summed E-state index contributed by atoms with van der Waals surface area (Å²) in [4.78, 5) is 11.0. The number of ether oxygens (including phenoxy) is 2. The molecule has 4 bridgehead atoms. The third kappa shape index (κ3) is 0.546. The minimum atomic E-state index is -0.336. The van der Waals surface area contributed by atoms with Crippen molar-refractivity contribution in [2.45, 2.75) is 12.4 Å². The zero-order valence-corrected chi connectivity index (χ0v) is 5.69. The highest BCUT2D eigenvalue weighted by molar-refractivity contribution is 5.92. The average molecular weight is 150 g/mol. The topological polar surface area (TPSA) is 35.5 Å². The number of rotatable bonds is 0. The Hall–Kier alpha value is -1.09. The van der Waals surface area contributed by atoms with Crippen molar-refractivity contribution in [3.8, 4) is 0 Å². The van der Waals surface area contributed by atoms with Crippen LogP contribution in [0.2, 0.25) is 0 Å². The summed E-state index contributed by atoms with van der Waals surface area (Å²) in [5, 5.41) is 0. The van der Waals surface area contributed by atoms with Gasteiger partial charge in [0.15, 0.2) is 0 Å². The van der Waals surface area contributed by atoms with E-state index in [1.165, 1.54) is 0 Å². The first-order valence-corrected chi connectivity index (χ1v) is 3.61. The van der Waals surface area contributed by atoms with Gasteiger partial charge in [-0.2, -0.15) is 0 Å². The van der Waals surface area contributed by atoms with Gasteiger partial charge in [0.05, 0.1) is 12.0 Å². The predicted molar refractivity (Wildman–Crippen MR) is 35.5 cm³/mol. The Morgan fingerprint density at radius 1 is 1.36 bits per heavy atom. The van der Waals surface area contributed by atoms with Crippen LogP contribution in [0.1, 0.15) is 0 Å².